The molecular weight excluding hydrogens is 162 g/mol. The van der Waals surface area contributed by atoms with Gasteiger partial charge in [0, 0.05) is 12.5 Å². The van der Waals surface area contributed by atoms with Gasteiger partial charge in [0.1, 0.15) is 6.23 Å². The minimum absolute atomic E-state index is 0.0891. The van der Waals surface area contributed by atoms with Crippen LogP contribution in [0.1, 0.15) is 13.3 Å². The largest absolute Gasteiger partial charge is 0.396 e. The van der Waals surface area contributed by atoms with Crippen molar-refractivity contribution in [1.82, 2.24) is 0 Å². The molecule has 5 nitrogen and oxygen atoms in total. The standard InChI is InChI=1S/C7H17NO4/c1-4(10)5(3-9)2-6(11)7(8)12/h4-7,9-12H,2-3,8H2,1H3. The number of aliphatic hydroxyl groups excluding tert-OH is 4. The fourth-order valence-electron chi connectivity index (χ4n) is 0.874. The van der Waals surface area contributed by atoms with Gasteiger partial charge in [0.2, 0.25) is 0 Å². The molecular formula is C7H17NO4. The summed E-state index contributed by atoms with van der Waals surface area (Å²) in [5.41, 5.74) is 4.98. The van der Waals surface area contributed by atoms with Crippen molar-refractivity contribution in [3.05, 3.63) is 0 Å². The molecule has 0 heterocycles. The number of rotatable bonds is 5. The summed E-state index contributed by atoms with van der Waals surface area (Å²) in [6, 6.07) is 0. The molecule has 12 heavy (non-hydrogen) atoms. The molecule has 0 aliphatic carbocycles. The number of hydrogen-bond acceptors (Lipinski definition) is 5. The van der Waals surface area contributed by atoms with Crippen LogP contribution in [0.2, 0.25) is 0 Å². The highest BCUT2D eigenvalue weighted by Crippen LogP contribution is 2.11. The lowest BCUT2D eigenvalue weighted by Crippen LogP contribution is -2.38. The molecule has 5 heteroatoms. The molecule has 0 saturated carbocycles. The van der Waals surface area contributed by atoms with Crippen LogP contribution < -0.4 is 5.73 Å². The predicted octanol–water partition coefficient (Wildman–Crippen LogP) is -2.00. The van der Waals surface area contributed by atoms with Crippen molar-refractivity contribution in [3.8, 4) is 0 Å². The van der Waals surface area contributed by atoms with Crippen LogP contribution in [0.4, 0.5) is 0 Å². The first kappa shape index (κ1) is 11.8. The molecule has 4 unspecified atom stereocenters. The average Bonchev–Trinajstić information content (AvgIpc) is 1.98. The lowest BCUT2D eigenvalue weighted by Gasteiger charge is -2.21. The van der Waals surface area contributed by atoms with E-state index in [0.29, 0.717) is 0 Å². The zero-order valence-corrected chi connectivity index (χ0v) is 7.09. The van der Waals surface area contributed by atoms with Gasteiger partial charge in [-0.15, -0.1) is 0 Å². The second-order valence-electron chi connectivity index (χ2n) is 2.98. The minimum Gasteiger partial charge on any atom is -0.396 e. The number of nitrogens with two attached hydrogens (primary N) is 1. The lowest BCUT2D eigenvalue weighted by atomic mass is 9.97. The fourth-order valence-corrected chi connectivity index (χ4v) is 0.874. The summed E-state index contributed by atoms with van der Waals surface area (Å²) >= 11 is 0. The van der Waals surface area contributed by atoms with Gasteiger partial charge in [0.05, 0.1) is 12.2 Å². The predicted molar refractivity (Wildman–Crippen MR) is 43.1 cm³/mol. The first-order valence-corrected chi connectivity index (χ1v) is 3.89. The summed E-state index contributed by atoms with van der Waals surface area (Å²) in [6.45, 7) is 1.28. The Morgan fingerprint density at radius 2 is 1.75 bits per heavy atom. The van der Waals surface area contributed by atoms with Crippen LogP contribution in [-0.4, -0.2) is 45.5 Å². The van der Waals surface area contributed by atoms with Crippen molar-refractivity contribution < 1.29 is 20.4 Å². The average molecular weight is 179 g/mol. The zero-order chi connectivity index (χ0) is 9.72. The maximum Gasteiger partial charge on any atom is 0.128 e. The Balaban J connectivity index is 3.85. The molecule has 0 spiro atoms. The van der Waals surface area contributed by atoms with E-state index in [-0.39, 0.29) is 13.0 Å². The van der Waals surface area contributed by atoms with Gasteiger partial charge in [-0.2, -0.15) is 0 Å². The topological polar surface area (TPSA) is 107 Å². The Morgan fingerprint density at radius 3 is 2.00 bits per heavy atom. The monoisotopic (exact) mass is 179 g/mol. The molecule has 74 valence electrons. The Morgan fingerprint density at radius 1 is 1.25 bits per heavy atom. The van der Waals surface area contributed by atoms with Crippen molar-refractivity contribution >= 4 is 0 Å². The molecule has 0 radical (unpaired) electrons. The summed E-state index contributed by atoms with van der Waals surface area (Å²) in [6.07, 6.45) is -3.05. The van der Waals surface area contributed by atoms with E-state index >= 15 is 0 Å². The highest BCUT2D eigenvalue weighted by molar-refractivity contribution is 4.71. The molecule has 0 fully saturated rings. The van der Waals surface area contributed by atoms with Gasteiger partial charge in [0.25, 0.3) is 0 Å². The molecule has 0 amide bonds. The Bertz CT molecular complexity index is 118. The highest BCUT2D eigenvalue weighted by Gasteiger charge is 2.21. The third-order valence-electron chi connectivity index (χ3n) is 1.86. The zero-order valence-electron chi connectivity index (χ0n) is 7.09. The fraction of sp³-hybridized carbons (Fsp3) is 1.00. The second kappa shape index (κ2) is 5.45. The maximum absolute atomic E-state index is 9.08. The molecule has 0 aromatic rings. The lowest BCUT2D eigenvalue weighted by molar-refractivity contribution is -0.0179. The van der Waals surface area contributed by atoms with Gasteiger partial charge in [-0.05, 0) is 13.3 Å². The first-order chi connectivity index (χ1) is 5.49. The molecule has 4 atom stereocenters. The van der Waals surface area contributed by atoms with Crippen molar-refractivity contribution in [3.63, 3.8) is 0 Å². The molecule has 0 aromatic heterocycles. The summed E-state index contributed by atoms with van der Waals surface area (Å²) in [5.74, 6) is -0.446. The SMILES string of the molecule is CC(O)C(CO)CC(O)C(N)O. The second-order valence-corrected chi connectivity index (χ2v) is 2.98. The first-order valence-electron chi connectivity index (χ1n) is 3.89. The van der Waals surface area contributed by atoms with E-state index in [2.05, 4.69) is 0 Å². The van der Waals surface area contributed by atoms with Gasteiger partial charge in [0.15, 0.2) is 0 Å². The molecule has 0 aromatic carbocycles. The van der Waals surface area contributed by atoms with E-state index < -0.39 is 24.4 Å². The van der Waals surface area contributed by atoms with Crippen molar-refractivity contribution in [1.29, 1.82) is 0 Å². The maximum atomic E-state index is 9.08. The number of hydrogen-bond donors (Lipinski definition) is 5. The van der Waals surface area contributed by atoms with Gasteiger partial charge >= 0.3 is 0 Å². The van der Waals surface area contributed by atoms with E-state index in [1.54, 1.807) is 0 Å². The molecule has 0 bridgehead atoms. The van der Waals surface area contributed by atoms with E-state index in [9.17, 15) is 0 Å². The van der Waals surface area contributed by atoms with Gasteiger partial charge in [-0.25, -0.2) is 0 Å². The number of aliphatic hydroxyl groups is 4. The van der Waals surface area contributed by atoms with Crippen LogP contribution in [0.5, 0.6) is 0 Å². The van der Waals surface area contributed by atoms with Crippen molar-refractivity contribution in [2.45, 2.75) is 31.8 Å². The van der Waals surface area contributed by atoms with Crippen LogP contribution in [0.25, 0.3) is 0 Å². The molecule has 0 rings (SSSR count). The van der Waals surface area contributed by atoms with Crippen molar-refractivity contribution in [2.75, 3.05) is 6.61 Å². The van der Waals surface area contributed by atoms with Crippen LogP contribution in [-0.2, 0) is 0 Å². The van der Waals surface area contributed by atoms with Crippen LogP contribution in [0.3, 0.4) is 0 Å². The van der Waals surface area contributed by atoms with Gasteiger partial charge in [-0.3, -0.25) is 0 Å². The van der Waals surface area contributed by atoms with Crippen molar-refractivity contribution in [2.24, 2.45) is 11.7 Å². The van der Waals surface area contributed by atoms with Gasteiger partial charge < -0.3 is 26.2 Å². The molecule has 0 aliphatic rings. The summed E-state index contributed by atoms with van der Waals surface area (Å²) in [7, 11) is 0. The summed E-state index contributed by atoms with van der Waals surface area (Å²) < 4.78 is 0. The molecule has 0 saturated heterocycles. The van der Waals surface area contributed by atoms with Crippen LogP contribution >= 0.6 is 0 Å². The highest BCUT2D eigenvalue weighted by atomic mass is 16.3. The van der Waals surface area contributed by atoms with E-state index in [4.69, 9.17) is 26.2 Å². The van der Waals surface area contributed by atoms with E-state index in [1.807, 2.05) is 0 Å². The Kier molecular flexibility index (Phi) is 5.36. The molecule has 6 N–H and O–H groups in total. The Labute approximate surface area is 71.4 Å². The van der Waals surface area contributed by atoms with Crippen LogP contribution in [0, 0.1) is 5.92 Å². The van der Waals surface area contributed by atoms with Gasteiger partial charge in [-0.1, -0.05) is 0 Å². The minimum atomic E-state index is -1.32. The molecule has 0 aliphatic heterocycles. The van der Waals surface area contributed by atoms with E-state index in [1.165, 1.54) is 6.92 Å². The summed E-state index contributed by atoms with van der Waals surface area (Å²) in [5, 5.41) is 35.6. The van der Waals surface area contributed by atoms with Crippen LogP contribution in [0.15, 0.2) is 0 Å². The normalized spacial score (nSPS) is 21.5. The third-order valence-corrected chi connectivity index (χ3v) is 1.86. The Hall–Kier alpha value is -0.200. The third kappa shape index (κ3) is 3.99. The van der Waals surface area contributed by atoms with E-state index in [0.717, 1.165) is 0 Å². The smallest absolute Gasteiger partial charge is 0.128 e. The summed E-state index contributed by atoms with van der Waals surface area (Å²) in [4.78, 5) is 0. The quantitative estimate of drug-likeness (QED) is 0.314.